The lowest BCUT2D eigenvalue weighted by Gasteiger charge is -2.29. The molecule has 3 aliphatic rings. The van der Waals surface area contributed by atoms with E-state index in [0.29, 0.717) is 35.1 Å². The van der Waals surface area contributed by atoms with Crippen LogP contribution >= 0.6 is 0 Å². The first kappa shape index (κ1) is 21.2. The third-order valence-corrected chi connectivity index (χ3v) is 7.63. The third-order valence-electron chi connectivity index (χ3n) is 7.63. The number of aromatic nitrogens is 4. The first-order valence-corrected chi connectivity index (χ1v) is 12.2. The van der Waals surface area contributed by atoms with Crippen LogP contribution in [0.15, 0.2) is 29.3 Å². The van der Waals surface area contributed by atoms with Gasteiger partial charge in [-0.3, -0.25) is 14.2 Å². The zero-order valence-corrected chi connectivity index (χ0v) is 19.5. The minimum atomic E-state index is -0.245. The summed E-state index contributed by atoms with van der Waals surface area (Å²) in [6.07, 6.45) is 8.77. The Kier molecular flexibility index (Phi) is 5.09. The van der Waals surface area contributed by atoms with Crippen LogP contribution in [0, 0.1) is 6.92 Å². The molecule has 2 atom stereocenters. The molecule has 0 spiro atoms. The lowest BCUT2D eigenvalue weighted by Crippen LogP contribution is -2.43. The van der Waals surface area contributed by atoms with Crippen LogP contribution in [0.1, 0.15) is 61.0 Å². The quantitative estimate of drug-likeness (QED) is 0.561. The number of Topliss-reactive ketones (excluding diaryl/α,β-unsaturated/α-hetero) is 1. The molecule has 2 N–H and O–H groups in total. The van der Waals surface area contributed by atoms with Crippen molar-refractivity contribution < 1.29 is 4.79 Å². The van der Waals surface area contributed by atoms with Crippen LogP contribution in [0.3, 0.4) is 0 Å². The lowest BCUT2D eigenvalue weighted by atomic mass is 10.0. The van der Waals surface area contributed by atoms with Crippen molar-refractivity contribution in [2.75, 3.05) is 23.3 Å². The van der Waals surface area contributed by atoms with E-state index in [0.717, 1.165) is 49.8 Å². The highest BCUT2D eigenvalue weighted by atomic mass is 16.1. The van der Waals surface area contributed by atoms with E-state index in [1.807, 2.05) is 12.3 Å². The average Bonchev–Trinajstić information content (AvgIpc) is 3.59. The Labute approximate surface area is 197 Å². The molecule has 2 saturated heterocycles. The highest BCUT2D eigenvalue weighted by molar-refractivity contribution is 5.99. The molecular weight excluding hydrogens is 430 g/mol. The fourth-order valence-electron chi connectivity index (χ4n) is 5.93. The van der Waals surface area contributed by atoms with Crippen LogP contribution in [-0.2, 0) is 0 Å². The van der Waals surface area contributed by atoms with Gasteiger partial charge in [0.1, 0.15) is 11.5 Å². The summed E-state index contributed by atoms with van der Waals surface area (Å²) in [6.45, 7) is 5.30. The molecule has 0 aromatic carbocycles. The number of aryl methyl sites for hydroxylation is 1. The second-order valence-electron chi connectivity index (χ2n) is 9.77. The Balaban J connectivity index is 1.34. The average molecular weight is 460 g/mol. The molecule has 176 valence electrons. The normalized spacial score (nSPS) is 22.1. The van der Waals surface area contributed by atoms with Gasteiger partial charge in [-0.25, -0.2) is 9.97 Å². The smallest absolute Gasteiger partial charge is 0.263 e. The zero-order valence-electron chi connectivity index (χ0n) is 19.5. The maximum Gasteiger partial charge on any atom is 0.263 e. The van der Waals surface area contributed by atoms with Gasteiger partial charge in [-0.15, -0.1) is 0 Å². The Hall–Kier alpha value is -3.33. The fourth-order valence-corrected chi connectivity index (χ4v) is 5.93. The van der Waals surface area contributed by atoms with Gasteiger partial charge in [-0.05, 0) is 50.8 Å². The number of fused-ring (bicyclic) bond motifs is 3. The summed E-state index contributed by atoms with van der Waals surface area (Å²) in [5, 5.41) is 7.46. The van der Waals surface area contributed by atoms with Crippen molar-refractivity contribution in [2.45, 2.75) is 64.1 Å². The highest BCUT2D eigenvalue weighted by Gasteiger charge is 2.37. The predicted octanol–water partition coefficient (Wildman–Crippen LogP) is 3.11. The fraction of sp³-hybridized carbons (Fsp3) is 0.480. The third kappa shape index (κ3) is 3.46. The first-order valence-electron chi connectivity index (χ1n) is 12.2. The second kappa shape index (κ2) is 8.16. The van der Waals surface area contributed by atoms with E-state index in [1.54, 1.807) is 17.7 Å². The van der Waals surface area contributed by atoms with Crippen molar-refractivity contribution in [3.05, 3.63) is 46.0 Å². The largest absolute Gasteiger partial charge is 0.364 e. The van der Waals surface area contributed by atoms with Crippen LogP contribution in [0.4, 0.5) is 17.5 Å². The summed E-state index contributed by atoms with van der Waals surface area (Å²) in [5.74, 6) is 0.820. The van der Waals surface area contributed by atoms with Crippen LogP contribution in [0.2, 0.25) is 0 Å². The van der Waals surface area contributed by atoms with Gasteiger partial charge < -0.3 is 15.5 Å². The lowest BCUT2D eigenvalue weighted by molar-refractivity contribution is 0.101. The highest BCUT2D eigenvalue weighted by Crippen LogP contribution is 2.32. The van der Waals surface area contributed by atoms with Crippen molar-refractivity contribution in [1.29, 1.82) is 0 Å². The zero-order chi connectivity index (χ0) is 23.4. The van der Waals surface area contributed by atoms with Crippen molar-refractivity contribution in [3.8, 4) is 0 Å². The molecule has 2 bridgehead atoms. The van der Waals surface area contributed by atoms with Gasteiger partial charge in [0.25, 0.3) is 5.56 Å². The molecule has 34 heavy (non-hydrogen) atoms. The Morgan fingerprint density at radius 2 is 1.97 bits per heavy atom. The van der Waals surface area contributed by atoms with E-state index in [1.165, 1.54) is 13.3 Å². The Bertz CT molecular complexity index is 1330. The number of nitrogens with zero attached hydrogens (tertiary/aromatic N) is 5. The molecule has 1 saturated carbocycles. The van der Waals surface area contributed by atoms with E-state index in [4.69, 9.17) is 4.98 Å². The maximum atomic E-state index is 13.4. The van der Waals surface area contributed by atoms with Gasteiger partial charge in [0.15, 0.2) is 5.78 Å². The number of rotatable bonds is 5. The van der Waals surface area contributed by atoms with E-state index in [9.17, 15) is 9.59 Å². The van der Waals surface area contributed by atoms with Gasteiger partial charge in [0.2, 0.25) is 5.95 Å². The predicted molar refractivity (Wildman–Crippen MR) is 131 cm³/mol. The molecular formula is C25H29N7O2. The summed E-state index contributed by atoms with van der Waals surface area (Å²) >= 11 is 0. The molecule has 9 heteroatoms. The van der Waals surface area contributed by atoms with Crippen LogP contribution < -0.4 is 21.1 Å². The molecule has 9 nitrogen and oxygen atoms in total. The van der Waals surface area contributed by atoms with E-state index in [-0.39, 0.29) is 22.9 Å². The Morgan fingerprint density at radius 1 is 1.15 bits per heavy atom. The molecule has 6 rings (SSSR count). The number of nitrogens with one attached hydrogen (secondary N) is 2. The summed E-state index contributed by atoms with van der Waals surface area (Å²) in [5.41, 5.74) is 2.35. The van der Waals surface area contributed by atoms with E-state index in [2.05, 4.69) is 31.6 Å². The van der Waals surface area contributed by atoms with Crippen LogP contribution in [0.25, 0.3) is 11.0 Å². The van der Waals surface area contributed by atoms with Crippen LogP contribution in [0.5, 0.6) is 0 Å². The monoisotopic (exact) mass is 459 g/mol. The minimum Gasteiger partial charge on any atom is -0.364 e. The van der Waals surface area contributed by atoms with Gasteiger partial charge in [-0.1, -0.05) is 12.8 Å². The van der Waals surface area contributed by atoms with E-state index < -0.39 is 0 Å². The first-order chi connectivity index (χ1) is 16.5. The molecule has 2 unspecified atom stereocenters. The van der Waals surface area contributed by atoms with Crippen LogP contribution in [-0.4, -0.2) is 50.5 Å². The summed E-state index contributed by atoms with van der Waals surface area (Å²) in [4.78, 5) is 41.9. The molecule has 1 aliphatic carbocycles. The van der Waals surface area contributed by atoms with Crippen molar-refractivity contribution in [2.24, 2.45) is 0 Å². The summed E-state index contributed by atoms with van der Waals surface area (Å²) in [7, 11) is 0. The topological polar surface area (TPSA) is 105 Å². The maximum absolute atomic E-state index is 13.4. The number of ketones is 1. The second-order valence-corrected chi connectivity index (χ2v) is 9.77. The number of carbonyl (C=O) groups is 1. The summed E-state index contributed by atoms with van der Waals surface area (Å²) in [6, 6.07) is 5.20. The number of carbonyl (C=O) groups excluding carboxylic acids is 1. The number of piperazine rings is 1. The molecule has 3 aromatic heterocycles. The number of hydrogen-bond donors (Lipinski definition) is 2. The molecule has 2 aliphatic heterocycles. The van der Waals surface area contributed by atoms with Crippen molar-refractivity contribution in [3.63, 3.8) is 0 Å². The van der Waals surface area contributed by atoms with Crippen molar-refractivity contribution in [1.82, 2.24) is 24.8 Å². The number of hydrogen-bond acceptors (Lipinski definition) is 8. The SMILES string of the molecule is CC(=O)c1c(C)c2cnc(Nc3ccc(N4CC5CC4CN5)cn3)nc2n(C2CCCC2)c1=O. The Morgan fingerprint density at radius 3 is 2.62 bits per heavy atom. The van der Waals surface area contributed by atoms with Gasteiger partial charge >= 0.3 is 0 Å². The molecule has 3 fully saturated rings. The molecule has 0 radical (unpaired) electrons. The number of anilines is 3. The van der Waals surface area contributed by atoms with Gasteiger partial charge in [-0.2, -0.15) is 4.98 Å². The standard InChI is InChI=1S/C25H29N7O2/c1-14-20-12-28-25(29-21-8-7-18(10-27-21)31-13-16-9-19(31)11-26-16)30-23(20)32(17-5-3-4-6-17)24(34)22(14)15(2)33/h7-8,10,12,16-17,19,26H,3-6,9,11,13H2,1-2H3,(H,27,28,29,30). The van der Waals surface area contributed by atoms with Gasteiger partial charge in [0, 0.05) is 42.8 Å². The summed E-state index contributed by atoms with van der Waals surface area (Å²) < 4.78 is 1.73. The number of pyridine rings is 2. The minimum absolute atomic E-state index is 0.0548. The van der Waals surface area contributed by atoms with E-state index >= 15 is 0 Å². The molecule has 5 heterocycles. The molecule has 0 amide bonds. The molecule has 3 aromatic rings. The van der Waals surface area contributed by atoms with Crippen molar-refractivity contribution >= 4 is 34.3 Å². The van der Waals surface area contributed by atoms with Gasteiger partial charge in [0.05, 0.1) is 17.4 Å².